The standard InChI is InChI=1S/C18H15BrOS/c19-18-11-10-17(21-18)13-20-16-8-6-15(7-9-16)12-14-4-2-1-3-5-14/h1-11H,12-13H2. The minimum atomic E-state index is 0.619. The van der Waals surface area contributed by atoms with Gasteiger partial charge in [0.05, 0.1) is 3.79 Å². The molecule has 1 aromatic heterocycles. The highest BCUT2D eigenvalue weighted by molar-refractivity contribution is 9.11. The van der Waals surface area contributed by atoms with Crippen LogP contribution in [-0.2, 0) is 13.0 Å². The van der Waals surface area contributed by atoms with Crippen LogP contribution in [0.15, 0.2) is 70.5 Å². The largest absolute Gasteiger partial charge is 0.488 e. The van der Waals surface area contributed by atoms with Gasteiger partial charge in [-0.2, -0.15) is 0 Å². The summed E-state index contributed by atoms with van der Waals surface area (Å²) in [7, 11) is 0. The lowest BCUT2D eigenvalue weighted by Gasteiger charge is -2.06. The first-order valence-electron chi connectivity index (χ1n) is 6.79. The lowest BCUT2D eigenvalue weighted by Crippen LogP contribution is -1.93. The highest BCUT2D eigenvalue weighted by Crippen LogP contribution is 2.24. The summed E-state index contributed by atoms with van der Waals surface area (Å²) in [6.45, 7) is 0.619. The van der Waals surface area contributed by atoms with Crippen LogP contribution in [-0.4, -0.2) is 0 Å². The molecule has 0 radical (unpaired) electrons. The Hall–Kier alpha value is -1.58. The third kappa shape index (κ3) is 4.19. The molecule has 0 fully saturated rings. The number of rotatable bonds is 5. The van der Waals surface area contributed by atoms with Crippen molar-refractivity contribution in [3.8, 4) is 5.75 Å². The van der Waals surface area contributed by atoms with Gasteiger partial charge in [-0.1, -0.05) is 42.5 Å². The zero-order valence-electron chi connectivity index (χ0n) is 11.5. The SMILES string of the molecule is Brc1ccc(COc2ccc(Cc3ccccc3)cc2)s1. The van der Waals surface area contributed by atoms with E-state index in [1.807, 2.05) is 24.3 Å². The van der Waals surface area contributed by atoms with Crippen molar-refractivity contribution >= 4 is 27.3 Å². The Balaban J connectivity index is 1.59. The van der Waals surface area contributed by atoms with Gasteiger partial charge in [0.15, 0.2) is 0 Å². The molecule has 1 heterocycles. The molecule has 1 nitrogen and oxygen atoms in total. The molecule has 106 valence electrons. The molecule has 0 unspecified atom stereocenters. The molecule has 2 aromatic carbocycles. The fourth-order valence-electron chi connectivity index (χ4n) is 2.12. The van der Waals surface area contributed by atoms with Crippen LogP contribution in [0.1, 0.15) is 16.0 Å². The van der Waals surface area contributed by atoms with Crippen LogP contribution in [0.25, 0.3) is 0 Å². The van der Waals surface area contributed by atoms with E-state index in [1.165, 1.54) is 16.0 Å². The van der Waals surface area contributed by atoms with Gasteiger partial charge in [0.2, 0.25) is 0 Å². The maximum Gasteiger partial charge on any atom is 0.122 e. The van der Waals surface area contributed by atoms with Gasteiger partial charge in [-0.15, -0.1) is 11.3 Å². The molecule has 0 bridgehead atoms. The second-order valence-corrected chi connectivity index (χ2v) is 7.35. The molecule has 0 saturated carbocycles. The first-order valence-corrected chi connectivity index (χ1v) is 8.40. The fourth-order valence-corrected chi connectivity index (χ4v) is 3.52. The number of hydrogen-bond acceptors (Lipinski definition) is 2. The summed E-state index contributed by atoms with van der Waals surface area (Å²) in [4.78, 5) is 1.22. The molecular weight excluding hydrogens is 344 g/mol. The summed E-state index contributed by atoms with van der Waals surface area (Å²) < 4.78 is 6.94. The Labute approximate surface area is 137 Å². The summed E-state index contributed by atoms with van der Waals surface area (Å²) in [6, 6.07) is 23.0. The Morgan fingerprint density at radius 1 is 0.810 bits per heavy atom. The predicted octanol–water partition coefficient (Wildman–Crippen LogP) is 5.68. The van der Waals surface area contributed by atoms with Gasteiger partial charge in [0.1, 0.15) is 12.4 Å². The lowest BCUT2D eigenvalue weighted by atomic mass is 10.1. The molecule has 21 heavy (non-hydrogen) atoms. The topological polar surface area (TPSA) is 9.23 Å². The zero-order chi connectivity index (χ0) is 14.5. The maximum atomic E-state index is 5.80. The molecule has 0 aliphatic carbocycles. The van der Waals surface area contributed by atoms with Crippen molar-refractivity contribution in [1.29, 1.82) is 0 Å². The smallest absolute Gasteiger partial charge is 0.122 e. The van der Waals surface area contributed by atoms with E-state index in [2.05, 4.69) is 58.4 Å². The maximum absolute atomic E-state index is 5.80. The van der Waals surface area contributed by atoms with E-state index in [0.29, 0.717) is 6.61 Å². The average molecular weight is 359 g/mol. The highest BCUT2D eigenvalue weighted by atomic mass is 79.9. The number of halogens is 1. The van der Waals surface area contributed by atoms with Crippen LogP contribution in [0.2, 0.25) is 0 Å². The number of thiophene rings is 1. The van der Waals surface area contributed by atoms with Crippen molar-refractivity contribution in [3.63, 3.8) is 0 Å². The summed E-state index contributed by atoms with van der Waals surface area (Å²) in [5.74, 6) is 0.913. The Bertz CT molecular complexity index is 689. The molecule has 3 heteroatoms. The van der Waals surface area contributed by atoms with E-state index in [4.69, 9.17) is 4.74 Å². The van der Waals surface area contributed by atoms with Crippen LogP contribution in [0, 0.1) is 0 Å². The monoisotopic (exact) mass is 358 g/mol. The number of benzene rings is 2. The Kier molecular flexibility index (Phi) is 4.73. The van der Waals surface area contributed by atoms with Crippen molar-refractivity contribution in [2.24, 2.45) is 0 Å². The van der Waals surface area contributed by atoms with E-state index in [0.717, 1.165) is 16.0 Å². The molecular formula is C18H15BrOS. The zero-order valence-corrected chi connectivity index (χ0v) is 13.9. The molecule has 0 saturated heterocycles. The Morgan fingerprint density at radius 3 is 2.19 bits per heavy atom. The lowest BCUT2D eigenvalue weighted by molar-refractivity contribution is 0.310. The summed E-state index contributed by atoms with van der Waals surface area (Å²) in [6.07, 6.45) is 0.957. The third-order valence-corrected chi connectivity index (χ3v) is 4.78. The van der Waals surface area contributed by atoms with E-state index in [-0.39, 0.29) is 0 Å². The number of ether oxygens (including phenoxy) is 1. The minimum absolute atomic E-state index is 0.619. The normalized spacial score (nSPS) is 10.5. The second kappa shape index (κ2) is 6.92. The summed E-state index contributed by atoms with van der Waals surface area (Å²) >= 11 is 5.17. The van der Waals surface area contributed by atoms with E-state index in [1.54, 1.807) is 11.3 Å². The van der Waals surface area contributed by atoms with Crippen molar-refractivity contribution in [1.82, 2.24) is 0 Å². The molecule has 0 spiro atoms. The average Bonchev–Trinajstić information content (AvgIpc) is 2.93. The van der Waals surface area contributed by atoms with Gasteiger partial charge in [-0.05, 0) is 57.7 Å². The van der Waals surface area contributed by atoms with E-state index >= 15 is 0 Å². The van der Waals surface area contributed by atoms with E-state index < -0.39 is 0 Å². The summed E-state index contributed by atoms with van der Waals surface area (Å²) in [5.41, 5.74) is 2.63. The molecule has 3 aromatic rings. The first kappa shape index (κ1) is 14.4. The highest BCUT2D eigenvalue weighted by Gasteiger charge is 2.00. The van der Waals surface area contributed by atoms with Crippen molar-refractivity contribution in [3.05, 3.63) is 86.5 Å². The van der Waals surface area contributed by atoms with Crippen LogP contribution in [0.5, 0.6) is 5.75 Å². The fraction of sp³-hybridized carbons (Fsp3) is 0.111. The van der Waals surface area contributed by atoms with Crippen molar-refractivity contribution < 1.29 is 4.74 Å². The van der Waals surface area contributed by atoms with Gasteiger partial charge in [0.25, 0.3) is 0 Å². The molecule has 0 aliphatic rings. The van der Waals surface area contributed by atoms with Crippen LogP contribution < -0.4 is 4.74 Å². The first-order chi connectivity index (χ1) is 10.3. The molecule has 0 N–H and O–H groups in total. The molecule has 0 aliphatic heterocycles. The Morgan fingerprint density at radius 2 is 1.52 bits per heavy atom. The predicted molar refractivity (Wildman–Crippen MR) is 92.0 cm³/mol. The second-order valence-electron chi connectivity index (χ2n) is 4.80. The van der Waals surface area contributed by atoms with Crippen molar-refractivity contribution in [2.75, 3.05) is 0 Å². The molecule has 3 rings (SSSR count). The van der Waals surface area contributed by atoms with E-state index in [9.17, 15) is 0 Å². The van der Waals surface area contributed by atoms with Gasteiger partial charge < -0.3 is 4.74 Å². The van der Waals surface area contributed by atoms with Crippen LogP contribution in [0.3, 0.4) is 0 Å². The van der Waals surface area contributed by atoms with Crippen LogP contribution >= 0.6 is 27.3 Å². The third-order valence-electron chi connectivity index (χ3n) is 3.18. The summed E-state index contributed by atoms with van der Waals surface area (Å²) in [5, 5.41) is 0. The van der Waals surface area contributed by atoms with Crippen molar-refractivity contribution in [2.45, 2.75) is 13.0 Å². The van der Waals surface area contributed by atoms with Gasteiger partial charge in [-0.25, -0.2) is 0 Å². The number of hydrogen-bond donors (Lipinski definition) is 0. The molecule has 0 amide bonds. The quantitative estimate of drug-likeness (QED) is 0.569. The van der Waals surface area contributed by atoms with Crippen LogP contribution in [0.4, 0.5) is 0 Å². The van der Waals surface area contributed by atoms with Gasteiger partial charge >= 0.3 is 0 Å². The van der Waals surface area contributed by atoms with Gasteiger partial charge in [-0.3, -0.25) is 0 Å². The minimum Gasteiger partial charge on any atom is -0.488 e. The van der Waals surface area contributed by atoms with Gasteiger partial charge in [0, 0.05) is 4.88 Å². The molecule has 0 atom stereocenters.